The number of allylic oxidation sites excluding steroid dienone is 2. The van der Waals surface area contributed by atoms with Gasteiger partial charge in [0.1, 0.15) is 11.5 Å². The van der Waals surface area contributed by atoms with E-state index >= 15 is 0 Å². The number of benzene rings is 2. The van der Waals surface area contributed by atoms with Crippen LogP contribution < -0.4 is 10.1 Å². The third-order valence-corrected chi connectivity index (χ3v) is 4.63. The molecule has 0 aromatic heterocycles. The van der Waals surface area contributed by atoms with E-state index in [1.54, 1.807) is 55.5 Å². The van der Waals surface area contributed by atoms with Gasteiger partial charge in [-0.3, -0.25) is 14.9 Å². The number of carbonyl (C=O) groups excluding carboxylic acids is 1. The van der Waals surface area contributed by atoms with Gasteiger partial charge in [-0.25, -0.2) is 0 Å². The number of halogens is 3. The summed E-state index contributed by atoms with van der Waals surface area (Å²) in [6.45, 7) is 1.71. The highest BCUT2D eigenvalue weighted by Gasteiger charge is 2.42. The number of hydrogen-bond acceptors (Lipinski definition) is 4. The summed E-state index contributed by atoms with van der Waals surface area (Å²) in [6.07, 6.45) is -1.76. The first-order chi connectivity index (χ1) is 15.1. The Balaban J connectivity index is 1.71. The minimum atomic E-state index is -4.74. The molecule has 0 heterocycles. The third kappa shape index (κ3) is 5.84. The molecule has 0 radical (unpaired) electrons. The molecule has 6 nitrogen and oxygen atoms in total. The van der Waals surface area contributed by atoms with E-state index in [2.05, 4.69) is 5.32 Å². The molecule has 1 N–H and O–H groups in total. The molecule has 3 rings (SSSR count). The van der Waals surface area contributed by atoms with Crippen LogP contribution >= 0.6 is 0 Å². The van der Waals surface area contributed by atoms with Crippen molar-refractivity contribution in [1.82, 2.24) is 5.32 Å². The molecule has 0 aliphatic heterocycles. The minimum absolute atomic E-state index is 0.147. The van der Waals surface area contributed by atoms with Gasteiger partial charge < -0.3 is 10.1 Å². The largest absolute Gasteiger partial charge is 0.457 e. The van der Waals surface area contributed by atoms with Gasteiger partial charge in [0.15, 0.2) is 0 Å². The van der Waals surface area contributed by atoms with Crippen molar-refractivity contribution in [3.63, 3.8) is 0 Å². The van der Waals surface area contributed by atoms with E-state index in [1.165, 1.54) is 12.1 Å². The topological polar surface area (TPSA) is 81.5 Å². The molecule has 32 heavy (non-hydrogen) atoms. The summed E-state index contributed by atoms with van der Waals surface area (Å²) in [7, 11) is 0. The van der Waals surface area contributed by atoms with Gasteiger partial charge in [0.25, 0.3) is 5.91 Å². The Morgan fingerprint density at radius 1 is 1.16 bits per heavy atom. The van der Waals surface area contributed by atoms with Gasteiger partial charge in [0, 0.05) is 16.2 Å². The van der Waals surface area contributed by atoms with Crippen LogP contribution in [0.4, 0.5) is 13.2 Å². The smallest absolute Gasteiger partial charge is 0.416 e. The van der Waals surface area contributed by atoms with Crippen LogP contribution in [0.1, 0.15) is 29.3 Å². The molecular weight excluding hydrogens is 425 g/mol. The molecule has 0 saturated heterocycles. The molecule has 2 aromatic rings. The molecule has 0 bridgehead atoms. The number of nitro groups is 1. The SMILES string of the molecule is C/C(=C/c1ccc(OC2=C(C(F)(F)F)CC([N+](=O)[O-])C=C2)cc1)NC(=O)c1ccccc1. The number of amides is 1. The minimum Gasteiger partial charge on any atom is -0.457 e. The highest BCUT2D eigenvalue weighted by molar-refractivity contribution is 5.95. The van der Waals surface area contributed by atoms with Crippen molar-refractivity contribution in [2.45, 2.75) is 25.6 Å². The number of carbonyl (C=O) groups is 1. The fraction of sp³-hybridized carbons (Fsp3) is 0.174. The monoisotopic (exact) mass is 444 g/mol. The van der Waals surface area contributed by atoms with Crippen LogP contribution in [0.3, 0.4) is 0 Å². The fourth-order valence-electron chi connectivity index (χ4n) is 3.06. The van der Waals surface area contributed by atoms with Gasteiger partial charge in [-0.05, 0) is 55.0 Å². The van der Waals surface area contributed by atoms with Crippen molar-refractivity contribution in [2.75, 3.05) is 0 Å². The van der Waals surface area contributed by atoms with Gasteiger partial charge in [0.05, 0.1) is 12.0 Å². The van der Waals surface area contributed by atoms with Gasteiger partial charge >= 0.3 is 6.18 Å². The van der Waals surface area contributed by atoms with Crippen molar-refractivity contribution in [2.24, 2.45) is 0 Å². The van der Waals surface area contributed by atoms with Crippen molar-refractivity contribution in [3.8, 4) is 5.75 Å². The number of alkyl halides is 3. The van der Waals surface area contributed by atoms with E-state index in [4.69, 9.17) is 4.74 Å². The van der Waals surface area contributed by atoms with Crippen LogP contribution in [0, 0.1) is 10.1 Å². The van der Waals surface area contributed by atoms with Crippen molar-refractivity contribution in [1.29, 1.82) is 0 Å². The Morgan fingerprint density at radius 2 is 1.81 bits per heavy atom. The first-order valence-electron chi connectivity index (χ1n) is 9.58. The fourth-order valence-corrected chi connectivity index (χ4v) is 3.06. The number of ether oxygens (including phenoxy) is 1. The third-order valence-electron chi connectivity index (χ3n) is 4.63. The number of hydrogen-bond donors (Lipinski definition) is 1. The lowest BCUT2D eigenvalue weighted by atomic mass is 9.99. The summed E-state index contributed by atoms with van der Waals surface area (Å²) in [5, 5.41) is 13.6. The standard InChI is InChI=1S/C23H19F3N2O4/c1-15(27-22(29)17-5-3-2-4-6-17)13-16-7-10-19(11-8-16)32-21-12-9-18(28(30)31)14-20(21)23(24,25)26/h2-13,18H,14H2,1H3,(H,27,29)/b15-13-. The molecule has 1 atom stereocenters. The Kier molecular flexibility index (Phi) is 6.77. The molecule has 1 aliphatic carbocycles. The average Bonchev–Trinajstić information content (AvgIpc) is 2.75. The normalized spacial score (nSPS) is 16.6. The molecule has 1 unspecified atom stereocenters. The number of nitrogens with zero attached hydrogens (tertiary/aromatic N) is 1. The number of rotatable bonds is 6. The molecule has 9 heteroatoms. The highest BCUT2D eigenvalue weighted by atomic mass is 19.4. The second kappa shape index (κ2) is 9.51. The van der Waals surface area contributed by atoms with Crippen LogP contribution in [-0.2, 0) is 0 Å². The van der Waals surface area contributed by atoms with Crippen LogP contribution in [0.2, 0.25) is 0 Å². The van der Waals surface area contributed by atoms with Crippen LogP contribution in [0.25, 0.3) is 6.08 Å². The molecule has 1 amide bonds. The first kappa shape index (κ1) is 22.8. The summed E-state index contributed by atoms with van der Waals surface area (Å²) >= 11 is 0. The van der Waals surface area contributed by atoms with Gasteiger partial charge in [-0.2, -0.15) is 13.2 Å². The maximum Gasteiger partial charge on any atom is 0.416 e. The lowest BCUT2D eigenvalue weighted by molar-refractivity contribution is -0.509. The van der Waals surface area contributed by atoms with E-state index in [1.807, 2.05) is 0 Å². The Labute approximate surface area is 181 Å². The van der Waals surface area contributed by atoms with Crippen molar-refractivity contribution < 1.29 is 27.6 Å². The Bertz CT molecular complexity index is 1090. The number of nitrogens with one attached hydrogen (secondary N) is 1. The molecule has 166 valence electrons. The summed E-state index contributed by atoms with van der Waals surface area (Å²) in [4.78, 5) is 22.3. The zero-order chi connectivity index (χ0) is 23.3. The van der Waals surface area contributed by atoms with Crippen LogP contribution in [0.15, 0.2) is 83.8 Å². The first-order valence-corrected chi connectivity index (χ1v) is 9.58. The molecule has 2 aromatic carbocycles. The zero-order valence-electron chi connectivity index (χ0n) is 16.9. The van der Waals surface area contributed by atoms with Crippen LogP contribution in [0.5, 0.6) is 5.75 Å². The maximum atomic E-state index is 13.3. The highest BCUT2D eigenvalue weighted by Crippen LogP contribution is 2.36. The van der Waals surface area contributed by atoms with Gasteiger partial charge in [-0.1, -0.05) is 30.3 Å². The molecule has 0 saturated carbocycles. The van der Waals surface area contributed by atoms with E-state index < -0.39 is 34.9 Å². The summed E-state index contributed by atoms with van der Waals surface area (Å²) in [6, 6.07) is 13.4. The Hall–Kier alpha value is -3.88. The van der Waals surface area contributed by atoms with Crippen molar-refractivity contribution >= 4 is 12.0 Å². The predicted molar refractivity (Wildman–Crippen MR) is 112 cm³/mol. The van der Waals surface area contributed by atoms with E-state index in [0.29, 0.717) is 16.8 Å². The lowest BCUT2D eigenvalue weighted by Crippen LogP contribution is -2.27. The summed E-state index contributed by atoms with van der Waals surface area (Å²) < 4.78 is 45.4. The quantitative estimate of drug-likeness (QED) is 0.486. The van der Waals surface area contributed by atoms with Gasteiger partial charge in [-0.15, -0.1) is 0 Å². The maximum absolute atomic E-state index is 13.3. The predicted octanol–water partition coefficient (Wildman–Crippen LogP) is 5.28. The second-order valence-electron chi connectivity index (χ2n) is 7.08. The Morgan fingerprint density at radius 3 is 2.41 bits per heavy atom. The van der Waals surface area contributed by atoms with Gasteiger partial charge in [0.2, 0.25) is 6.04 Å². The van der Waals surface area contributed by atoms with Crippen molar-refractivity contribution in [3.05, 3.63) is 105 Å². The molecule has 0 fully saturated rings. The van der Waals surface area contributed by atoms with Crippen LogP contribution in [-0.4, -0.2) is 23.0 Å². The molecule has 1 aliphatic rings. The summed E-state index contributed by atoms with van der Waals surface area (Å²) in [5.41, 5.74) is 0.708. The molecule has 0 spiro atoms. The van der Waals surface area contributed by atoms with E-state index in [-0.39, 0.29) is 11.7 Å². The molecular formula is C23H19F3N2O4. The van der Waals surface area contributed by atoms with E-state index in [9.17, 15) is 28.1 Å². The summed E-state index contributed by atoms with van der Waals surface area (Å²) in [5.74, 6) is -0.581. The average molecular weight is 444 g/mol. The lowest BCUT2D eigenvalue weighted by Gasteiger charge is -2.20. The zero-order valence-corrected chi connectivity index (χ0v) is 16.9. The second-order valence-corrected chi connectivity index (χ2v) is 7.08. The van der Waals surface area contributed by atoms with E-state index in [0.717, 1.165) is 12.2 Å².